The Morgan fingerprint density at radius 2 is 1.26 bits per heavy atom. The van der Waals surface area contributed by atoms with Crippen LogP contribution in [-0.4, -0.2) is 35.9 Å². The maximum atomic E-state index is 11.3. The Hall–Kier alpha value is -0.300. The third-order valence-corrected chi connectivity index (χ3v) is 11.0. The predicted octanol–water partition coefficient (Wildman–Crippen LogP) is 5.57. The zero-order chi connectivity index (χ0) is 14.8. The van der Waals surface area contributed by atoms with Gasteiger partial charge < -0.3 is 0 Å². The molecule has 0 aromatic carbocycles. The molecule has 116 valence electrons. The van der Waals surface area contributed by atoms with E-state index in [1.165, 1.54) is 0 Å². The van der Waals surface area contributed by atoms with Crippen molar-refractivity contribution in [3.05, 3.63) is 0 Å². The van der Waals surface area contributed by atoms with E-state index in [4.69, 9.17) is 4.52 Å². The van der Waals surface area contributed by atoms with Crippen LogP contribution in [0.3, 0.4) is 0 Å². The molecule has 0 atom stereocenters. The van der Waals surface area contributed by atoms with Crippen molar-refractivity contribution >= 4 is 13.0 Å². The molecule has 0 aliphatic carbocycles. The molecular formula is C15H33O3P. The summed E-state index contributed by atoms with van der Waals surface area (Å²) in [7, 11) is 0. The molecule has 0 saturated heterocycles. The molecule has 0 unspecified atom stereocenters. The third-order valence-electron chi connectivity index (χ3n) is 4.37. The van der Waals surface area contributed by atoms with Gasteiger partial charge in [0.2, 0.25) is 0 Å². The van der Waals surface area contributed by atoms with Gasteiger partial charge in [0.1, 0.15) is 0 Å². The van der Waals surface area contributed by atoms with E-state index in [0.29, 0.717) is 0 Å². The van der Waals surface area contributed by atoms with Crippen molar-refractivity contribution in [1.82, 2.24) is 0 Å². The Morgan fingerprint density at radius 1 is 0.895 bits per heavy atom. The van der Waals surface area contributed by atoms with E-state index < -0.39 is 13.0 Å². The number of rotatable bonds is 11. The zero-order valence-corrected chi connectivity index (χ0v) is 14.2. The molecule has 0 spiro atoms. The Balaban J connectivity index is 5.28. The summed E-state index contributed by atoms with van der Waals surface area (Å²) in [6.07, 6.45) is 9.43. The van der Waals surface area contributed by atoms with Gasteiger partial charge >= 0.3 is 118 Å². The molecule has 0 bridgehead atoms. The van der Waals surface area contributed by atoms with Crippen LogP contribution in [0.15, 0.2) is 0 Å². The Bertz CT molecular complexity index is 242. The zero-order valence-electron chi connectivity index (χ0n) is 13.3. The molecule has 0 fully saturated rings. The topological polar surface area (TPSA) is 46.5 Å². The molecule has 0 rings (SSSR count). The monoisotopic (exact) mass is 292 g/mol. The third kappa shape index (κ3) is 5.69. The molecular weight excluding hydrogens is 259 g/mol. The Kier molecular flexibility index (Phi) is 8.65. The summed E-state index contributed by atoms with van der Waals surface area (Å²) in [6.45, 7) is 6.12. The molecule has 0 heterocycles. The molecule has 0 amide bonds. The molecule has 0 aromatic rings. The van der Waals surface area contributed by atoms with Gasteiger partial charge in [0.05, 0.1) is 0 Å². The summed E-state index contributed by atoms with van der Waals surface area (Å²) in [5.74, 6) is 0. The van der Waals surface area contributed by atoms with E-state index in [1.807, 2.05) is 0 Å². The van der Waals surface area contributed by atoms with Crippen LogP contribution in [-0.2, 0) is 4.52 Å². The second kappa shape index (κ2) is 8.79. The standard InChI is InChI=1S/C15H33O3P/c1-5-9-12-19(8-4,13-10-6-2,14-11-7-3)18-15(16)17/h5-14H2,1-4H3,(H,16,17). The number of carbonyl (C=O) groups is 1. The summed E-state index contributed by atoms with van der Waals surface area (Å²) in [6, 6.07) is 0. The average Bonchev–Trinajstić information content (AvgIpc) is 2.40. The molecule has 19 heavy (non-hydrogen) atoms. The van der Waals surface area contributed by atoms with Gasteiger partial charge in [-0.3, -0.25) is 0 Å². The normalized spacial score (nSPS) is 13.8. The first-order valence-corrected chi connectivity index (χ1v) is 10.8. The summed E-state index contributed by atoms with van der Waals surface area (Å²) >= 11 is 0. The Labute approximate surface area is 119 Å². The molecule has 0 saturated carbocycles. The first-order valence-electron chi connectivity index (χ1n) is 7.91. The fraction of sp³-hybridized carbons (Fsp3) is 0.933. The minimum atomic E-state index is -2.53. The number of carboxylic acid groups (broad SMARTS) is 1. The van der Waals surface area contributed by atoms with Crippen molar-refractivity contribution in [3.63, 3.8) is 0 Å². The van der Waals surface area contributed by atoms with E-state index >= 15 is 0 Å². The van der Waals surface area contributed by atoms with Gasteiger partial charge in [0.15, 0.2) is 0 Å². The average molecular weight is 292 g/mol. The molecule has 0 radical (unpaired) electrons. The van der Waals surface area contributed by atoms with E-state index in [2.05, 4.69) is 27.7 Å². The molecule has 3 nitrogen and oxygen atoms in total. The molecule has 0 aliphatic heterocycles. The fourth-order valence-corrected chi connectivity index (χ4v) is 8.72. The van der Waals surface area contributed by atoms with Crippen molar-refractivity contribution in [3.8, 4) is 0 Å². The Morgan fingerprint density at radius 3 is 1.47 bits per heavy atom. The van der Waals surface area contributed by atoms with Crippen molar-refractivity contribution in [2.75, 3.05) is 24.6 Å². The predicted molar refractivity (Wildman–Crippen MR) is 85.9 cm³/mol. The van der Waals surface area contributed by atoms with E-state index in [1.54, 1.807) is 0 Å². The maximum absolute atomic E-state index is 11.3. The summed E-state index contributed by atoms with van der Waals surface area (Å²) in [5, 5.41) is 9.25. The van der Waals surface area contributed by atoms with Gasteiger partial charge in [-0.15, -0.1) is 0 Å². The van der Waals surface area contributed by atoms with Gasteiger partial charge in [0.25, 0.3) is 0 Å². The van der Waals surface area contributed by atoms with Crippen molar-refractivity contribution in [1.29, 1.82) is 0 Å². The first kappa shape index (κ1) is 18.7. The van der Waals surface area contributed by atoms with Gasteiger partial charge in [-0.2, -0.15) is 0 Å². The second-order valence-corrected chi connectivity index (χ2v) is 11.6. The van der Waals surface area contributed by atoms with E-state index in [-0.39, 0.29) is 0 Å². The first-order chi connectivity index (χ1) is 8.97. The summed E-state index contributed by atoms with van der Waals surface area (Å²) < 4.78 is 5.73. The minimum absolute atomic E-state index is 0.915. The van der Waals surface area contributed by atoms with Crippen LogP contribution < -0.4 is 0 Å². The number of hydrogen-bond acceptors (Lipinski definition) is 2. The summed E-state index contributed by atoms with van der Waals surface area (Å²) in [4.78, 5) is 11.3. The van der Waals surface area contributed by atoms with Crippen LogP contribution in [0.4, 0.5) is 4.79 Å². The number of unbranched alkanes of at least 4 members (excludes halogenated alkanes) is 3. The van der Waals surface area contributed by atoms with Crippen molar-refractivity contribution in [2.24, 2.45) is 0 Å². The van der Waals surface area contributed by atoms with Crippen LogP contribution in [0, 0.1) is 0 Å². The summed E-state index contributed by atoms with van der Waals surface area (Å²) in [5.41, 5.74) is 0. The molecule has 4 heteroatoms. The molecule has 0 aliphatic rings. The fourth-order valence-electron chi connectivity index (χ4n) is 2.91. The van der Waals surface area contributed by atoms with Crippen LogP contribution in [0.25, 0.3) is 0 Å². The van der Waals surface area contributed by atoms with Crippen LogP contribution in [0.2, 0.25) is 0 Å². The molecule has 1 N–H and O–H groups in total. The van der Waals surface area contributed by atoms with Crippen LogP contribution in [0.1, 0.15) is 66.2 Å². The van der Waals surface area contributed by atoms with Gasteiger partial charge in [0, 0.05) is 0 Å². The van der Waals surface area contributed by atoms with Gasteiger partial charge in [-0.1, -0.05) is 0 Å². The van der Waals surface area contributed by atoms with Crippen molar-refractivity contribution in [2.45, 2.75) is 66.2 Å². The van der Waals surface area contributed by atoms with Crippen LogP contribution >= 0.6 is 6.83 Å². The van der Waals surface area contributed by atoms with E-state index in [9.17, 15) is 9.90 Å². The van der Waals surface area contributed by atoms with Crippen molar-refractivity contribution < 1.29 is 14.4 Å². The van der Waals surface area contributed by atoms with E-state index in [0.717, 1.165) is 63.2 Å². The second-order valence-electron chi connectivity index (χ2n) is 5.76. The molecule has 0 aromatic heterocycles. The van der Waals surface area contributed by atoms with Gasteiger partial charge in [-0.05, 0) is 0 Å². The quantitative estimate of drug-likeness (QED) is 0.506. The van der Waals surface area contributed by atoms with Gasteiger partial charge in [-0.25, -0.2) is 0 Å². The number of hydrogen-bond donors (Lipinski definition) is 1. The SMILES string of the molecule is CCCCP(CC)(CCCC)(CCCC)OC(=O)O. The van der Waals surface area contributed by atoms with Crippen LogP contribution in [0.5, 0.6) is 0 Å².